The molecule has 0 aromatic heterocycles. The number of hydrogen-bond acceptors (Lipinski definition) is 0. The van der Waals surface area contributed by atoms with Crippen LogP contribution in [0, 0.1) is 11.8 Å². The third kappa shape index (κ3) is 1.93. The first-order valence-electron chi connectivity index (χ1n) is 5.34. The van der Waals surface area contributed by atoms with Gasteiger partial charge in [0.25, 0.3) is 0 Å². The molecule has 70 valence electrons. The van der Waals surface area contributed by atoms with Crippen LogP contribution in [-0.4, -0.2) is 0 Å². The highest BCUT2D eigenvalue weighted by Crippen LogP contribution is 2.46. The van der Waals surface area contributed by atoms with Gasteiger partial charge in [0.15, 0.2) is 0 Å². The Labute approximate surface area is 81.0 Å². The second kappa shape index (κ2) is 3.53. The van der Waals surface area contributed by atoms with Crippen molar-refractivity contribution in [3.05, 3.63) is 35.9 Å². The third-order valence-corrected chi connectivity index (χ3v) is 3.03. The molecule has 1 aliphatic rings. The van der Waals surface area contributed by atoms with Crippen LogP contribution in [0.15, 0.2) is 30.3 Å². The fraction of sp³-hybridized carbons (Fsp3) is 0.538. The summed E-state index contributed by atoms with van der Waals surface area (Å²) in [6.07, 6.45) is 2.88. The molecule has 0 unspecified atom stereocenters. The maximum Gasteiger partial charge on any atom is -0.0111 e. The maximum atomic E-state index is 2.34. The highest BCUT2D eigenvalue weighted by Gasteiger charge is 2.33. The van der Waals surface area contributed by atoms with Crippen molar-refractivity contribution in [1.29, 1.82) is 0 Å². The van der Waals surface area contributed by atoms with Gasteiger partial charge in [-0.3, -0.25) is 0 Å². The second-order valence-corrected chi connectivity index (χ2v) is 4.52. The first kappa shape index (κ1) is 8.80. The van der Waals surface area contributed by atoms with E-state index in [4.69, 9.17) is 0 Å². The monoisotopic (exact) mass is 174 g/mol. The van der Waals surface area contributed by atoms with E-state index in [1.807, 2.05) is 0 Å². The van der Waals surface area contributed by atoms with E-state index in [-0.39, 0.29) is 0 Å². The molecule has 0 saturated heterocycles. The Kier molecular flexibility index (Phi) is 2.39. The smallest absolute Gasteiger partial charge is 0.0111 e. The Morgan fingerprint density at radius 1 is 1.08 bits per heavy atom. The van der Waals surface area contributed by atoms with E-state index in [1.165, 1.54) is 12.8 Å². The molecular weight excluding hydrogens is 156 g/mol. The van der Waals surface area contributed by atoms with Crippen LogP contribution in [0.4, 0.5) is 0 Å². The molecule has 0 radical (unpaired) electrons. The van der Waals surface area contributed by atoms with Gasteiger partial charge >= 0.3 is 0 Å². The van der Waals surface area contributed by atoms with E-state index in [0.29, 0.717) is 0 Å². The molecule has 0 heteroatoms. The van der Waals surface area contributed by atoms with Crippen molar-refractivity contribution in [2.75, 3.05) is 0 Å². The van der Waals surface area contributed by atoms with Gasteiger partial charge in [0.1, 0.15) is 0 Å². The SMILES string of the molecule is CC(C)[C@@H](c1ccccc1)C1CC1. The Hall–Kier alpha value is -0.780. The minimum absolute atomic E-state index is 0.787. The van der Waals surface area contributed by atoms with Gasteiger partial charge in [0.2, 0.25) is 0 Å². The summed E-state index contributed by atoms with van der Waals surface area (Å²) < 4.78 is 0. The zero-order valence-electron chi connectivity index (χ0n) is 8.53. The Bertz CT molecular complexity index is 255. The van der Waals surface area contributed by atoms with Crippen LogP contribution in [0.25, 0.3) is 0 Å². The lowest BCUT2D eigenvalue weighted by Crippen LogP contribution is -2.08. The largest absolute Gasteiger partial charge is 0.0622 e. The Morgan fingerprint density at radius 3 is 2.15 bits per heavy atom. The molecule has 0 nitrogen and oxygen atoms in total. The van der Waals surface area contributed by atoms with Crippen LogP contribution >= 0.6 is 0 Å². The third-order valence-electron chi connectivity index (χ3n) is 3.03. The minimum Gasteiger partial charge on any atom is -0.0622 e. The minimum atomic E-state index is 0.787. The lowest BCUT2D eigenvalue weighted by Gasteiger charge is -2.20. The first-order chi connectivity index (χ1) is 6.29. The molecule has 0 spiro atoms. The maximum absolute atomic E-state index is 2.34. The van der Waals surface area contributed by atoms with Gasteiger partial charge < -0.3 is 0 Å². The summed E-state index contributed by atoms with van der Waals surface area (Å²) in [4.78, 5) is 0. The molecule has 0 bridgehead atoms. The second-order valence-electron chi connectivity index (χ2n) is 4.52. The Morgan fingerprint density at radius 2 is 1.69 bits per heavy atom. The molecule has 1 fully saturated rings. The summed E-state index contributed by atoms with van der Waals surface area (Å²) in [5, 5.41) is 0. The topological polar surface area (TPSA) is 0 Å². The van der Waals surface area contributed by atoms with Gasteiger partial charge in [-0.2, -0.15) is 0 Å². The summed E-state index contributed by atoms with van der Waals surface area (Å²) in [6.45, 7) is 4.69. The predicted molar refractivity (Wildman–Crippen MR) is 56.7 cm³/mol. The van der Waals surface area contributed by atoms with Crippen molar-refractivity contribution in [3.8, 4) is 0 Å². The lowest BCUT2D eigenvalue weighted by atomic mass is 9.84. The molecule has 1 aliphatic carbocycles. The van der Waals surface area contributed by atoms with Crippen LogP contribution in [0.5, 0.6) is 0 Å². The van der Waals surface area contributed by atoms with Gasteiger partial charge in [0.05, 0.1) is 0 Å². The van der Waals surface area contributed by atoms with E-state index in [9.17, 15) is 0 Å². The van der Waals surface area contributed by atoms with Crippen molar-refractivity contribution in [2.24, 2.45) is 11.8 Å². The molecule has 1 aromatic rings. The van der Waals surface area contributed by atoms with Crippen LogP contribution in [0.3, 0.4) is 0 Å². The molecule has 0 amide bonds. The zero-order chi connectivity index (χ0) is 9.26. The van der Waals surface area contributed by atoms with Gasteiger partial charge in [-0.15, -0.1) is 0 Å². The molecule has 1 aromatic carbocycles. The van der Waals surface area contributed by atoms with Crippen LogP contribution in [0.2, 0.25) is 0 Å². The standard InChI is InChI=1S/C13H18/c1-10(2)13(12-8-9-12)11-6-4-3-5-7-11/h3-7,10,12-13H,8-9H2,1-2H3/t13-/m0/s1. The van der Waals surface area contributed by atoms with Crippen LogP contribution in [0.1, 0.15) is 38.2 Å². The summed E-state index contributed by atoms with van der Waals surface area (Å²) in [6, 6.07) is 11.0. The number of hydrogen-bond donors (Lipinski definition) is 0. The number of rotatable bonds is 3. The lowest BCUT2D eigenvalue weighted by molar-refractivity contribution is 0.450. The van der Waals surface area contributed by atoms with Crippen molar-refractivity contribution in [3.63, 3.8) is 0 Å². The van der Waals surface area contributed by atoms with E-state index < -0.39 is 0 Å². The van der Waals surface area contributed by atoms with E-state index in [1.54, 1.807) is 5.56 Å². The van der Waals surface area contributed by atoms with E-state index >= 15 is 0 Å². The van der Waals surface area contributed by atoms with Crippen LogP contribution < -0.4 is 0 Å². The fourth-order valence-electron chi connectivity index (χ4n) is 2.33. The van der Waals surface area contributed by atoms with Crippen molar-refractivity contribution >= 4 is 0 Å². The highest BCUT2D eigenvalue weighted by atomic mass is 14.4. The average molecular weight is 174 g/mol. The molecular formula is C13H18. The molecule has 13 heavy (non-hydrogen) atoms. The summed E-state index contributed by atoms with van der Waals surface area (Å²) in [7, 11) is 0. The van der Waals surface area contributed by atoms with E-state index in [0.717, 1.165) is 17.8 Å². The van der Waals surface area contributed by atoms with Crippen molar-refractivity contribution in [2.45, 2.75) is 32.6 Å². The van der Waals surface area contributed by atoms with Gasteiger partial charge in [-0.25, -0.2) is 0 Å². The summed E-state index contributed by atoms with van der Waals surface area (Å²) >= 11 is 0. The van der Waals surface area contributed by atoms with Crippen molar-refractivity contribution < 1.29 is 0 Å². The summed E-state index contributed by atoms with van der Waals surface area (Å²) in [5.74, 6) is 2.57. The van der Waals surface area contributed by atoms with E-state index in [2.05, 4.69) is 44.2 Å². The quantitative estimate of drug-likeness (QED) is 0.653. The molecule has 1 saturated carbocycles. The molecule has 0 N–H and O–H groups in total. The summed E-state index contributed by atoms with van der Waals surface area (Å²) in [5.41, 5.74) is 1.54. The van der Waals surface area contributed by atoms with Crippen LogP contribution in [-0.2, 0) is 0 Å². The Balaban J connectivity index is 2.20. The molecule has 0 aliphatic heterocycles. The first-order valence-corrected chi connectivity index (χ1v) is 5.34. The molecule has 0 heterocycles. The zero-order valence-corrected chi connectivity index (χ0v) is 8.53. The van der Waals surface area contributed by atoms with Crippen molar-refractivity contribution in [1.82, 2.24) is 0 Å². The predicted octanol–water partition coefficient (Wildman–Crippen LogP) is 3.84. The normalized spacial score (nSPS) is 19.0. The molecule has 2 rings (SSSR count). The number of benzene rings is 1. The molecule has 1 atom stereocenters. The average Bonchev–Trinajstić information content (AvgIpc) is 2.90. The van der Waals surface area contributed by atoms with Gasteiger partial charge in [-0.1, -0.05) is 44.2 Å². The fourth-order valence-corrected chi connectivity index (χ4v) is 2.33. The van der Waals surface area contributed by atoms with Gasteiger partial charge in [-0.05, 0) is 36.2 Å². The van der Waals surface area contributed by atoms with Gasteiger partial charge in [0, 0.05) is 0 Å². The highest BCUT2D eigenvalue weighted by molar-refractivity contribution is 5.22.